The molecule has 108 valence electrons. The summed E-state index contributed by atoms with van der Waals surface area (Å²) in [6.07, 6.45) is 2.07. The fourth-order valence-electron chi connectivity index (χ4n) is 2.08. The minimum atomic E-state index is -0.485. The molecule has 0 saturated heterocycles. The van der Waals surface area contributed by atoms with Gasteiger partial charge in [0.1, 0.15) is 5.75 Å². The van der Waals surface area contributed by atoms with Crippen LogP contribution < -0.4 is 16.0 Å². The van der Waals surface area contributed by atoms with E-state index >= 15 is 0 Å². The number of aromatic nitrogens is 2. The number of hydrogen-bond donors (Lipinski definition) is 1. The Hall–Kier alpha value is -2.81. The number of benzene rings is 1. The van der Waals surface area contributed by atoms with E-state index in [9.17, 15) is 9.59 Å². The Kier molecular flexibility index (Phi) is 4.24. The maximum absolute atomic E-state index is 11.9. The molecule has 0 saturated carbocycles. The summed E-state index contributed by atoms with van der Waals surface area (Å²) in [4.78, 5) is 25.7. The first kappa shape index (κ1) is 14.6. The molecule has 0 aliphatic rings. The van der Waals surface area contributed by atoms with Crippen molar-refractivity contribution >= 4 is 0 Å². The molecule has 0 aliphatic heterocycles. The monoisotopic (exact) mass is 285 g/mol. The second-order valence-electron chi connectivity index (χ2n) is 4.53. The zero-order chi connectivity index (χ0) is 15.4. The largest absolute Gasteiger partial charge is 0.496 e. The molecule has 1 heterocycles. The van der Waals surface area contributed by atoms with Crippen molar-refractivity contribution in [1.82, 2.24) is 9.55 Å². The van der Waals surface area contributed by atoms with Crippen LogP contribution >= 0.6 is 0 Å². The maximum atomic E-state index is 11.9. The third-order valence-electron chi connectivity index (χ3n) is 3.22. The number of ether oxygens (including phenoxy) is 1. The van der Waals surface area contributed by atoms with Gasteiger partial charge in [-0.2, -0.15) is 5.26 Å². The van der Waals surface area contributed by atoms with E-state index < -0.39 is 5.69 Å². The summed E-state index contributed by atoms with van der Waals surface area (Å²) in [7, 11) is 1.53. The minimum Gasteiger partial charge on any atom is -0.496 e. The number of H-pyrrole nitrogens is 1. The number of nitrogens with zero attached hydrogens (tertiary/aromatic N) is 2. The van der Waals surface area contributed by atoms with E-state index in [1.54, 1.807) is 24.4 Å². The van der Waals surface area contributed by atoms with Crippen LogP contribution in [0.25, 0.3) is 0 Å². The van der Waals surface area contributed by atoms with Gasteiger partial charge in [0.05, 0.1) is 25.3 Å². The number of methoxy groups -OCH3 is 1. The Bertz CT molecular complexity index is 812. The summed E-state index contributed by atoms with van der Waals surface area (Å²) >= 11 is 0. The Morgan fingerprint density at radius 3 is 2.71 bits per heavy atom. The quantitative estimate of drug-likeness (QED) is 0.908. The van der Waals surface area contributed by atoms with Crippen molar-refractivity contribution in [3.05, 3.63) is 61.9 Å². The first-order chi connectivity index (χ1) is 10.1. The molecule has 0 aliphatic carbocycles. The van der Waals surface area contributed by atoms with Crippen LogP contribution in [0.2, 0.25) is 0 Å². The SMILES string of the molecule is CCc1cn(Cc2cc(C#N)ccc2OC)c(=O)[nH]c1=O. The van der Waals surface area contributed by atoms with Crippen LogP contribution in [0, 0.1) is 11.3 Å². The summed E-state index contributed by atoms with van der Waals surface area (Å²) in [6, 6.07) is 7.05. The molecular formula is C15H15N3O3. The lowest BCUT2D eigenvalue weighted by atomic mass is 10.1. The van der Waals surface area contributed by atoms with Crippen molar-refractivity contribution in [3.63, 3.8) is 0 Å². The predicted molar refractivity (Wildman–Crippen MR) is 77.5 cm³/mol. The minimum absolute atomic E-state index is 0.224. The molecule has 0 spiro atoms. The summed E-state index contributed by atoms with van der Waals surface area (Å²) < 4.78 is 6.64. The Morgan fingerprint density at radius 1 is 1.33 bits per heavy atom. The third kappa shape index (κ3) is 3.03. The lowest BCUT2D eigenvalue weighted by Crippen LogP contribution is -2.31. The molecule has 0 fully saturated rings. The summed E-state index contributed by atoms with van der Waals surface area (Å²) in [5, 5.41) is 8.96. The van der Waals surface area contributed by atoms with Crippen molar-refractivity contribution in [2.24, 2.45) is 0 Å². The van der Waals surface area contributed by atoms with Gasteiger partial charge >= 0.3 is 5.69 Å². The Morgan fingerprint density at radius 2 is 2.10 bits per heavy atom. The van der Waals surface area contributed by atoms with Crippen LogP contribution in [-0.2, 0) is 13.0 Å². The zero-order valence-electron chi connectivity index (χ0n) is 11.8. The number of nitriles is 1. The molecule has 6 nitrogen and oxygen atoms in total. The van der Waals surface area contributed by atoms with E-state index in [2.05, 4.69) is 4.98 Å². The maximum Gasteiger partial charge on any atom is 0.328 e. The van der Waals surface area contributed by atoms with Crippen LogP contribution in [-0.4, -0.2) is 16.7 Å². The Balaban J connectivity index is 2.50. The highest BCUT2D eigenvalue weighted by atomic mass is 16.5. The molecule has 0 unspecified atom stereocenters. The first-order valence-corrected chi connectivity index (χ1v) is 6.48. The highest BCUT2D eigenvalue weighted by Crippen LogP contribution is 2.20. The summed E-state index contributed by atoms with van der Waals surface area (Å²) in [6.45, 7) is 2.07. The average molecular weight is 285 g/mol. The van der Waals surface area contributed by atoms with Crippen LogP contribution in [0.3, 0.4) is 0 Å². The van der Waals surface area contributed by atoms with E-state index in [1.165, 1.54) is 11.7 Å². The smallest absolute Gasteiger partial charge is 0.328 e. The van der Waals surface area contributed by atoms with Crippen LogP contribution in [0.1, 0.15) is 23.6 Å². The predicted octanol–water partition coefficient (Wildman–Crippen LogP) is 1.03. The molecule has 0 amide bonds. The second-order valence-corrected chi connectivity index (χ2v) is 4.53. The molecule has 0 bridgehead atoms. The van der Waals surface area contributed by atoms with Gasteiger partial charge in [0.25, 0.3) is 5.56 Å². The lowest BCUT2D eigenvalue weighted by molar-refractivity contribution is 0.408. The second kappa shape index (κ2) is 6.09. The van der Waals surface area contributed by atoms with Gasteiger partial charge in [-0.05, 0) is 24.6 Å². The van der Waals surface area contributed by atoms with E-state index in [0.717, 1.165) is 0 Å². The number of hydrogen-bond acceptors (Lipinski definition) is 4. The summed E-state index contributed by atoms with van der Waals surface area (Å²) in [5.74, 6) is 0.588. The molecular weight excluding hydrogens is 270 g/mol. The number of nitrogens with one attached hydrogen (secondary N) is 1. The topological polar surface area (TPSA) is 87.9 Å². The molecule has 1 aromatic heterocycles. The van der Waals surface area contributed by atoms with Crippen LogP contribution in [0.4, 0.5) is 0 Å². The number of aromatic amines is 1. The van der Waals surface area contributed by atoms with Crippen LogP contribution in [0.15, 0.2) is 34.0 Å². The van der Waals surface area contributed by atoms with E-state index in [4.69, 9.17) is 10.00 Å². The normalized spacial score (nSPS) is 10.1. The van der Waals surface area contributed by atoms with Gasteiger partial charge in [0.2, 0.25) is 0 Å². The van der Waals surface area contributed by atoms with Crippen molar-refractivity contribution in [3.8, 4) is 11.8 Å². The first-order valence-electron chi connectivity index (χ1n) is 6.48. The molecule has 1 N–H and O–H groups in total. The molecule has 2 rings (SSSR count). The van der Waals surface area contributed by atoms with Gasteiger partial charge in [0, 0.05) is 17.3 Å². The van der Waals surface area contributed by atoms with Gasteiger partial charge in [-0.3, -0.25) is 14.3 Å². The van der Waals surface area contributed by atoms with E-state index in [-0.39, 0.29) is 12.1 Å². The lowest BCUT2D eigenvalue weighted by Gasteiger charge is -2.11. The van der Waals surface area contributed by atoms with E-state index in [1.807, 2.05) is 13.0 Å². The highest BCUT2D eigenvalue weighted by molar-refractivity contribution is 5.42. The number of aryl methyl sites for hydroxylation is 1. The summed E-state index contributed by atoms with van der Waals surface area (Å²) in [5.41, 5.74) is 0.870. The van der Waals surface area contributed by atoms with Gasteiger partial charge in [-0.25, -0.2) is 4.79 Å². The third-order valence-corrected chi connectivity index (χ3v) is 3.22. The van der Waals surface area contributed by atoms with Gasteiger partial charge in [-0.1, -0.05) is 6.92 Å². The van der Waals surface area contributed by atoms with Crippen LogP contribution in [0.5, 0.6) is 5.75 Å². The van der Waals surface area contributed by atoms with Gasteiger partial charge < -0.3 is 4.74 Å². The zero-order valence-corrected chi connectivity index (χ0v) is 11.8. The van der Waals surface area contributed by atoms with Crippen molar-refractivity contribution in [2.75, 3.05) is 7.11 Å². The van der Waals surface area contributed by atoms with Crippen molar-refractivity contribution in [2.45, 2.75) is 19.9 Å². The fraction of sp³-hybridized carbons (Fsp3) is 0.267. The number of rotatable bonds is 4. The van der Waals surface area contributed by atoms with Gasteiger partial charge in [-0.15, -0.1) is 0 Å². The van der Waals surface area contributed by atoms with Crippen molar-refractivity contribution in [1.29, 1.82) is 5.26 Å². The molecule has 6 heteroatoms. The molecule has 2 aromatic rings. The molecule has 0 atom stereocenters. The van der Waals surface area contributed by atoms with E-state index in [0.29, 0.717) is 28.9 Å². The Labute approximate surface area is 121 Å². The molecule has 0 radical (unpaired) electrons. The highest BCUT2D eigenvalue weighted by Gasteiger charge is 2.08. The average Bonchev–Trinajstić information content (AvgIpc) is 2.49. The molecule has 21 heavy (non-hydrogen) atoms. The molecule has 1 aromatic carbocycles. The standard InChI is InChI=1S/C15H15N3O3/c1-3-11-8-18(15(20)17-14(11)19)9-12-6-10(7-16)4-5-13(12)21-2/h4-6,8H,3,9H2,1-2H3,(H,17,19,20). The van der Waals surface area contributed by atoms with Gasteiger partial charge in [0.15, 0.2) is 0 Å². The van der Waals surface area contributed by atoms with Crippen molar-refractivity contribution < 1.29 is 4.74 Å². The fourth-order valence-corrected chi connectivity index (χ4v) is 2.08.